The molecule has 1 N–H and O–H groups in total. The number of morpholine rings is 1. The Hall–Kier alpha value is -4.03. The molecular formula is C26H24FN5O5S. The van der Waals surface area contributed by atoms with Crippen LogP contribution in [0.3, 0.4) is 0 Å². The molecule has 3 aliphatic rings. The van der Waals surface area contributed by atoms with Crippen LogP contribution in [-0.4, -0.2) is 71.2 Å². The van der Waals surface area contributed by atoms with Gasteiger partial charge in [0.25, 0.3) is 5.91 Å². The molecule has 0 unspecified atom stereocenters. The molecule has 12 heteroatoms. The molecule has 38 heavy (non-hydrogen) atoms. The zero-order valence-corrected chi connectivity index (χ0v) is 21.3. The van der Waals surface area contributed by atoms with E-state index in [0.29, 0.717) is 48.4 Å². The summed E-state index contributed by atoms with van der Waals surface area (Å²) in [4.78, 5) is 31.2. The molecular weight excluding hydrogens is 513 g/mol. The second-order valence-corrected chi connectivity index (χ2v) is 9.55. The molecule has 5 rings (SSSR count). The predicted octanol–water partition coefficient (Wildman–Crippen LogP) is 3.28. The minimum absolute atomic E-state index is 0.0564. The van der Waals surface area contributed by atoms with Crippen molar-refractivity contribution in [2.24, 2.45) is 10.1 Å². The highest BCUT2D eigenvalue weighted by Crippen LogP contribution is 2.32. The molecule has 0 aliphatic carbocycles. The van der Waals surface area contributed by atoms with Gasteiger partial charge in [-0.3, -0.25) is 15.0 Å². The number of carbonyl (C=O) groups is 2. The molecule has 2 aromatic carbocycles. The number of hydrazone groups is 1. The fourth-order valence-electron chi connectivity index (χ4n) is 3.96. The Kier molecular flexibility index (Phi) is 7.52. The summed E-state index contributed by atoms with van der Waals surface area (Å²) in [6, 6.07) is 11.1. The van der Waals surface area contributed by atoms with Crippen LogP contribution in [0.5, 0.6) is 11.5 Å². The summed E-state index contributed by atoms with van der Waals surface area (Å²) in [5.74, 6) is -0.197. The molecule has 3 aliphatic heterocycles. The highest BCUT2D eigenvalue weighted by molar-refractivity contribution is 8.27. The first-order chi connectivity index (χ1) is 18.4. The number of benzene rings is 2. The van der Waals surface area contributed by atoms with Crippen LogP contribution in [0, 0.1) is 11.2 Å². The van der Waals surface area contributed by atoms with Gasteiger partial charge < -0.3 is 19.1 Å². The van der Waals surface area contributed by atoms with Crippen LogP contribution in [0.4, 0.5) is 4.39 Å². The van der Waals surface area contributed by atoms with Crippen molar-refractivity contribution in [2.75, 3.05) is 33.4 Å². The van der Waals surface area contributed by atoms with Gasteiger partial charge in [0.1, 0.15) is 17.5 Å². The quantitative estimate of drug-likeness (QED) is 0.539. The first-order valence-corrected chi connectivity index (χ1v) is 12.6. The van der Waals surface area contributed by atoms with Crippen LogP contribution in [0.1, 0.15) is 17.5 Å². The number of carbonyl (C=O) groups excluding carboxylic acids is 2. The number of ether oxygens (including phenoxy) is 3. The number of thioether (sulfide) groups is 1. The highest BCUT2D eigenvalue weighted by Gasteiger charge is 2.36. The molecule has 0 aromatic heterocycles. The highest BCUT2D eigenvalue weighted by atomic mass is 32.2. The fourth-order valence-corrected chi connectivity index (χ4v) is 4.83. The van der Waals surface area contributed by atoms with E-state index < -0.39 is 5.91 Å². The number of aliphatic imine (C=N–C) groups is 1. The zero-order valence-electron chi connectivity index (χ0n) is 20.5. The Labute approximate surface area is 222 Å². The average molecular weight is 538 g/mol. The zero-order chi connectivity index (χ0) is 26.6. The summed E-state index contributed by atoms with van der Waals surface area (Å²) in [6.45, 7) is 2.29. The molecule has 1 saturated heterocycles. The van der Waals surface area contributed by atoms with Crippen LogP contribution in [0.2, 0.25) is 0 Å². The summed E-state index contributed by atoms with van der Waals surface area (Å²) in [7, 11) is 1.50. The van der Waals surface area contributed by atoms with Gasteiger partial charge in [-0.25, -0.2) is 4.39 Å². The number of nitrogens with zero attached hydrogens (tertiary/aromatic N) is 4. The first-order valence-electron chi connectivity index (χ1n) is 11.8. The van der Waals surface area contributed by atoms with Crippen LogP contribution < -0.4 is 9.47 Å². The largest absolute Gasteiger partial charge is 0.493 e. The smallest absolute Gasteiger partial charge is 0.283 e. The molecule has 2 amide bonds. The molecule has 0 spiro atoms. The van der Waals surface area contributed by atoms with Gasteiger partial charge in [-0.2, -0.15) is 15.1 Å². The number of amidine groups is 2. The molecule has 0 saturated carbocycles. The molecule has 3 heterocycles. The number of halogens is 1. The Morgan fingerprint density at radius 1 is 1.18 bits per heavy atom. The lowest BCUT2D eigenvalue weighted by atomic mass is 10.1. The van der Waals surface area contributed by atoms with E-state index in [9.17, 15) is 14.0 Å². The summed E-state index contributed by atoms with van der Waals surface area (Å²) in [5.41, 5.74) is 1.45. The fraction of sp³-hybridized carbons (Fsp3) is 0.269. The first kappa shape index (κ1) is 25.6. The van der Waals surface area contributed by atoms with E-state index in [-0.39, 0.29) is 41.3 Å². The molecule has 10 nitrogen and oxygen atoms in total. The molecule has 196 valence electrons. The maximum absolute atomic E-state index is 13.1. The van der Waals surface area contributed by atoms with Gasteiger partial charge in [-0.1, -0.05) is 18.2 Å². The number of amides is 2. The SMILES string of the molecule is COc1cc(C=C2C(=N)N3N=C(CC(=O)N4CCOCC4)SC3=NC2=O)ccc1OCc1ccc(F)cc1. The summed E-state index contributed by atoms with van der Waals surface area (Å²) in [5, 5.41) is 15.0. The Bertz CT molecular complexity index is 1370. The van der Waals surface area contributed by atoms with Crippen LogP contribution in [0.25, 0.3) is 6.08 Å². The molecule has 1 fully saturated rings. The normalized spacial score (nSPS) is 18.3. The van der Waals surface area contributed by atoms with Crippen molar-refractivity contribution in [3.8, 4) is 11.5 Å². The Balaban J connectivity index is 1.29. The van der Waals surface area contributed by atoms with Gasteiger partial charge in [0.05, 0.1) is 32.3 Å². The van der Waals surface area contributed by atoms with E-state index >= 15 is 0 Å². The van der Waals surface area contributed by atoms with Gasteiger partial charge in [-0.05, 0) is 53.2 Å². The average Bonchev–Trinajstić information content (AvgIpc) is 3.33. The molecule has 2 aromatic rings. The van der Waals surface area contributed by atoms with E-state index in [0.717, 1.165) is 17.3 Å². The van der Waals surface area contributed by atoms with Gasteiger partial charge in [0.15, 0.2) is 17.3 Å². The van der Waals surface area contributed by atoms with Gasteiger partial charge in [-0.15, -0.1) is 0 Å². The number of hydrogen-bond acceptors (Lipinski definition) is 8. The van der Waals surface area contributed by atoms with Crippen molar-refractivity contribution in [1.29, 1.82) is 5.41 Å². The van der Waals surface area contributed by atoms with E-state index in [1.165, 1.54) is 30.3 Å². The lowest BCUT2D eigenvalue weighted by Gasteiger charge is -2.26. The molecule has 0 bridgehead atoms. The van der Waals surface area contributed by atoms with E-state index in [4.69, 9.17) is 19.6 Å². The van der Waals surface area contributed by atoms with Crippen LogP contribution >= 0.6 is 11.8 Å². The van der Waals surface area contributed by atoms with Crippen molar-refractivity contribution < 1.29 is 28.2 Å². The van der Waals surface area contributed by atoms with Gasteiger partial charge in [0.2, 0.25) is 11.1 Å². The number of fused-ring (bicyclic) bond motifs is 1. The third-order valence-corrected chi connectivity index (χ3v) is 6.88. The predicted molar refractivity (Wildman–Crippen MR) is 141 cm³/mol. The van der Waals surface area contributed by atoms with Crippen molar-refractivity contribution in [3.63, 3.8) is 0 Å². The van der Waals surface area contributed by atoms with Gasteiger partial charge >= 0.3 is 0 Å². The third kappa shape index (κ3) is 5.60. The van der Waals surface area contributed by atoms with E-state index in [1.807, 2.05) is 0 Å². The Morgan fingerprint density at radius 3 is 2.68 bits per heavy atom. The number of hydrogen-bond donors (Lipinski definition) is 1. The standard InChI is InChI=1S/C26H24FN5O5S/c1-35-21-13-17(4-7-20(21)37-15-16-2-5-18(27)6-3-16)12-19-24(28)32-26(29-25(19)34)38-22(30-32)14-23(33)31-8-10-36-11-9-31/h2-7,12-13,28H,8-11,14-15H2,1H3. The van der Waals surface area contributed by atoms with E-state index in [2.05, 4.69) is 10.1 Å². The monoisotopic (exact) mass is 537 g/mol. The number of nitrogens with one attached hydrogen (secondary N) is 1. The second kappa shape index (κ2) is 11.2. The molecule has 0 atom stereocenters. The van der Waals surface area contributed by atoms with Crippen LogP contribution in [-0.2, 0) is 20.9 Å². The summed E-state index contributed by atoms with van der Waals surface area (Å²) >= 11 is 1.12. The Morgan fingerprint density at radius 2 is 1.95 bits per heavy atom. The second-order valence-electron chi connectivity index (χ2n) is 8.51. The van der Waals surface area contributed by atoms with E-state index in [1.54, 1.807) is 35.2 Å². The lowest BCUT2D eigenvalue weighted by Crippen LogP contribution is -2.41. The third-order valence-electron chi connectivity index (χ3n) is 5.97. The van der Waals surface area contributed by atoms with Gasteiger partial charge in [0, 0.05) is 13.1 Å². The minimum atomic E-state index is -0.569. The van der Waals surface area contributed by atoms with Crippen molar-refractivity contribution in [3.05, 3.63) is 65.0 Å². The number of methoxy groups -OCH3 is 1. The molecule has 0 radical (unpaired) electrons. The topological polar surface area (TPSA) is 117 Å². The number of rotatable bonds is 7. The maximum Gasteiger partial charge on any atom is 0.283 e. The summed E-state index contributed by atoms with van der Waals surface area (Å²) in [6.07, 6.45) is 1.60. The van der Waals surface area contributed by atoms with Crippen molar-refractivity contribution in [1.82, 2.24) is 9.91 Å². The van der Waals surface area contributed by atoms with Crippen molar-refractivity contribution in [2.45, 2.75) is 13.0 Å². The summed E-state index contributed by atoms with van der Waals surface area (Å²) < 4.78 is 29.7. The lowest BCUT2D eigenvalue weighted by molar-refractivity contribution is -0.133. The maximum atomic E-state index is 13.1. The minimum Gasteiger partial charge on any atom is -0.493 e. The van der Waals surface area contributed by atoms with Crippen LogP contribution in [0.15, 0.2) is 58.1 Å². The van der Waals surface area contributed by atoms with Crippen molar-refractivity contribution >= 4 is 45.7 Å².